The van der Waals surface area contributed by atoms with Gasteiger partial charge in [0.1, 0.15) is 0 Å². The molecule has 2 fully saturated rings. The summed E-state index contributed by atoms with van der Waals surface area (Å²) in [6.07, 6.45) is 4.93. The number of aliphatic imine (C=N–C) groups is 1. The summed E-state index contributed by atoms with van der Waals surface area (Å²) in [6, 6.07) is 11.8. The van der Waals surface area contributed by atoms with E-state index in [0.29, 0.717) is 6.04 Å². The molecule has 1 aromatic heterocycles. The number of piperidine rings is 2. The Morgan fingerprint density at radius 3 is 2.39 bits per heavy atom. The maximum atomic E-state index is 4.45. The van der Waals surface area contributed by atoms with Gasteiger partial charge in [-0.05, 0) is 71.7 Å². The van der Waals surface area contributed by atoms with Crippen LogP contribution in [0.5, 0.6) is 0 Å². The van der Waals surface area contributed by atoms with Crippen LogP contribution >= 0.6 is 11.3 Å². The van der Waals surface area contributed by atoms with Crippen LogP contribution in [0.15, 0.2) is 46.1 Å². The third kappa shape index (κ3) is 6.47. The maximum Gasteiger partial charge on any atom is 0.191 e. The lowest BCUT2D eigenvalue weighted by molar-refractivity contribution is 0.198. The molecule has 2 aromatic rings. The van der Waals surface area contributed by atoms with E-state index in [2.05, 4.69) is 73.4 Å². The second-order valence-corrected chi connectivity index (χ2v) is 9.87. The van der Waals surface area contributed by atoms with Crippen molar-refractivity contribution >= 4 is 23.0 Å². The van der Waals surface area contributed by atoms with Gasteiger partial charge in [0, 0.05) is 58.0 Å². The zero-order valence-electron chi connectivity index (χ0n) is 19.0. The summed E-state index contributed by atoms with van der Waals surface area (Å²) in [5.41, 5.74) is 4.09. The van der Waals surface area contributed by atoms with E-state index in [-0.39, 0.29) is 0 Å². The molecule has 0 spiro atoms. The normalized spacial score (nSPS) is 19.5. The minimum atomic E-state index is 0.494. The van der Waals surface area contributed by atoms with Crippen molar-refractivity contribution in [3.8, 4) is 0 Å². The van der Waals surface area contributed by atoms with Crippen LogP contribution in [0, 0.1) is 5.92 Å². The van der Waals surface area contributed by atoms with Crippen molar-refractivity contribution in [2.45, 2.75) is 51.7 Å². The van der Waals surface area contributed by atoms with Gasteiger partial charge >= 0.3 is 0 Å². The van der Waals surface area contributed by atoms with Crippen LogP contribution in [0.2, 0.25) is 0 Å². The van der Waals surface area contributed by atoms with Crippen molar-refractivity contribution in [1.29, 1.82) is 0 Å². The number of anilines is 1. The van der Waals surface area contributed by atoms with E-state index in [9.17, 15) is 0 Å². The van der Waals surface area contributed by atoms with Gasteiger partial charge in [-0.1, -0.05) is 19.1 Å². The van der Waals surface area contributed by atoms with Gasteiger partial charge in [0.05, 0.1) is 0 Å². The molecule has 0 atom stereocenters. The Kier molecular flexibility index (Phi) is 7.86. The summed E-state index contributed by atoms with van der Waals surface area (Å²) in [7, 11) is 1.86. The Morgan fingerprint density at radius 1 is 1.00 bits per heavy atom. The molecule has 168 valence electrons. The Labute approximate surface area is 191 Å². The maximum absolute atomic E-state index is 4.45. The predicted molar refractivity (Wildman–Crippen MR) is 133 cm³/mol. The molecule has 0 saturated carbocycles. The van der Waals surface area contributed by atoms with Gasteiger partial charge in [0.15, 0.2) is 5.96 Å². The lowest BCUT2D eigenvalue weighted by atomic mass is 9.99. The largest absolute Gasteiger partial charge is 0.372 e. The minimum Gasteiger partial charge on any atom is -0.372 e. The number of benzene rings is 1. The van der Waals surface area contributed by atoms with Crippen molar-refractivity contribution in [3.05, 3.63) is 52.2 Å². The molecule has 4 rings (SSSR count). The monoisotopic (exact) mass is 439 g/mol. The third-order valence-electron chi connectivity index (χ3n) is 6.68. The number of hydrogen-bond acceptors (Lipinski definition) is 4. The van der Waals surface area contributed by atoms with Crippen molar-refractivity contribution in [2.24, 2.45) is 10.9 Å². The van der Waals surface area contributed by atoms with E-state index in [0.717, 1.165) is 50.9 Å². The lowest BCUT2D eigenvalue weighted by Gasteiger charge is -2.33. The van der Waals surface area contributed by atoms with E-state index in [1.165, 1.54) is 42.7 Å². The third-order valence-corrected chi connectivity index (χ3v) is 7.42. The smallest absolute Gasteiger partial charge is 0.191 e. The standard InChI is InChI=1S/C25H37N5S/c1-20-7-14-30(15-8-20)24-5-3-21(4-6-24)17-27-25(26-2)28-23-9-12-29(13-10-23)18-22-11-16-31-19-22/h3-6,11,16,19-20,23H,7-10,12-15,17-18H2,1-2H3,(H2,26,27,28). The molecular weight excluding hydrogens is 402 g/mol. The van der Waals surface area contributed by atoms with E-state index in [1.807, 2.05) is 7.05 Å². The van der Waals surface area contributed by atoms with Gasteiger partial charge in [-0.2, -0.15) is 11.3 Å². The summed E-state index contributed by atoms with van der Waals surface area (Å²) in [6.45, 7) is 8.89. The second-order valence-electron chi connectivity index (χ2n) is 9.09. The molecule has 0 radical (unpaired) electrons. The first kappa shape index (κ1) is 22.2. The number of nitrogens with zero attached hydrogens (tertiary/aromatic N) is 3. The topological polar surface area (TPSA) is 42.9 Å². The average Bonchev–Trinajstić information content (AvgIpc) is 3.32. The first-order valence-electron chi connectivity index (χ1n) is 11.7. The SMILES string of the molecule is CN=C(NCc1ccc(N2CCC(C)CC2)cc1)NC1CCN(Cc2ccsc2)CC1. The lowest BCUT2D eigenvalue weighted by Crippen LogP contribution is -2.48. The minimum absolute atomic E-state index is 0.494. The van der Waals surface area contributed by atoms with Crippen molar-refractivity contribution in [1.82, 2.24) is 15.5 Å². The van der Waals surface area contributed by atoms with E-state index >= 15 is 0 Å². The molecule has 6 heteroatoms. The summed E-state index contributed by atoms with van der Waals surface area (Å²) in [5, 5.41) is 11.6. The summed E-state index contributed by atoms with van der Waals surface area (Å²) in [5.74, 6) is 1.78. The van der Waals surface area contributed by atoms with E-state index in [4.69, 9.17) is 0 Å². The molecule has 2 saturated heterocycles. The average molecular weight is 440 g/mol. The molecule has 5 nitrogen and oxygen atoms in total. The molecule has 0 aliphatic carbocycles. The Bertz CT molecular complexity index is 801. The van der Waals surface area contributed by atoms with Crippen molar-refractivity contribution in [3.63, 3.8) is 0 Å². The highest BCUT2D eigenvalue weighted by Gasteiger charge is 2.20. The van der Waals surface area contributed by atoms with Gasteiger partial charge in [-0.15, -0.1) is 0 Å². The summed E-state index contributed by atoms with van der Waals surface area (Å²) >= 11 is 1.79. The highest BCUT2D eigenvalue weighted by molar-refractivity contribution is 7.07. The molecular formula is C25H37N5S. The highest BCUT2D eigenvalue weighted by atomic mass is 32.1. The second kappa shape index (κ2) is 11.0. The first-order valence-corrected chi connectivity index (χ1v) is 12.7. The number of rotatable bonds is 6. The van der Waals surface area contributed by atoms with Crippen molar-refractivity contribution in [2.75, 3.05) is 38.1 Å². The number of likely N-dealkylation sites (tertiary alicyclic amines) is 1. The van der Waals surface area contributed by atoms with E-state index in [1.54, 1.807) is 11.3 Å². The van der Waals surface area contributed by atoms with Gasteiger partial charge < -0.3 is 15.5 Å². The fourth-order valence-corrected chi connectivity index (χ4v) is 5.20. The molecule has 2 N–H and O–H groups in total. The number of nitrogens with one attached hydrogen (secondary N) is 2. The Morgan fingerprint density at radius 2 is 1.74 bits per heavy atom. The van der Waals surface area contributed by atoms with Crippen LogP contribution in [-0.4, -0.2) is 50.1 Å². The summed E-state index contributed by atoms with van der Waals surface area (Å²) < 4.78 is 0. The molecule has 31 heavy (non-hydrogen) atoms. The highest BCUT2D eigenvalue weighted by Crippen LogP contribution is 2.23. The Hall–Kier alpha value is -2.05. The summed E-state index contributed by atoms with van der Waals surface area (Å²) in [4.78, 5) is 9.52. The molecule has 3 heterocycles. The zero-order chi connectivity index (χ0) is 21.5. The number of hydrogen-bond donors (Lipinski definition) is 2. The Balaban J connectivity index is 1.19. The predicted octanol–water partition coefficient (Wildman–Crippen LogP) is 4.31. The van der Waals surface area contributed by atoms with Gasteiger partial charge in [0.25, 0.3) is 0 Å². The van der Waals surface area contributed by atoms with Crippen molar-refractivity contribution < 1.29 is 0 Å². The zero-order valence-corrected chi connectivity index (χ0v) is 19.8. The fraction of sp³-hybridized carbons (Fsp3) is 0.560. The van der Waals surface area contributed by atoms with Gasteiger partial charge in [-0.25, -0.2) is 0 Å². The quantitative estimate of drug-likeness (QED) is 0.520. The van der Waals surface area contributed by atoms with Gasteiger partial charge in [-0.3, -0.25) is 9.89 Å². The van der Waals surface area contributed by atoms with Crippen LogP contribution < -0.4 is 15.5 Å². The first-order chi connectivity index (χ1) is 15.2. The number of guanidine groups is 1. The molecule has 0 unspecified atom stereocenters. The van der Waals surface area contributed by atoms with Crippen LogP contribution in [0.25, 0.3) is 0 Å². The molecule has 2 aliphatic heterocycles. The van der Waals surface area contributed by atoms with Crippen LogP contribution in [-0.2, 0) is 13.1 Å². The van der Waals surface area contributed by atoms with E-state index < -0.39 is 0 Å². The molecule has 1 aromatic carbocycles. The molecule has 0 bridgehead atoms. The fourth-order valence-electron chi connectivity index (χ4n) is 4.54. The molecule has 2 aliphatic rings. The van der Waals surface area contributed by atoms with Gasteiger partial charge in [0.2, 0.25) is 0 Å². The van der Waals surface area contributed by atoms with Crippen LogP contribution in [0.3, 0.4) is 0 Å². The molecule has 0 amide bonds. The van der Waals surface area contributed by atoms with Crippen LogP contribution in [0.1, 0.15) is 43.7 Å². The van der Waals surface area contributed by atoms with Crippen LogP contribution in [0.4, 0.5) is 5.69 Å². The number of thiophene rings is 1.